The summed E-state index contributed by atoms with van der Waals surface area (Å²) in [6, 6.07) is 7.60. The molecule has 1 amide bonds. The van der Waals surface area contributed by atoms with Gasteiger partial charge in [0.15, 0.2) is 10.5 Å². The molecule has 0 unspecified atom stereocenters. The third kappa shape index (κ3) is 3.09. The predicted octanol–water partition coefficient (Wildman–Crippen LogP) is 3.89. The van der Waals surface area contributed by atoms with Gasteiger partial charge in [-0.05, 0) is 45.0 Å². The van der Waals surface area contributed by atoms with E-state index in [4.69, 9.17) is 11.6 Å². The number of carbonyl (C=O) groups is 1. The van der Waals surface area contributed by atoms with Gasteiger partial charge in [0.2, 0.25) is 0 Å². The van der Waals surface area contributed by atoms with Crippen molar-refractivity contribution in [3.05, 3.63) is 46.0 Å². The zero-order chi connectivity index (χ0) is 16.6. The van der Waals surface area contributed by atoms with E-state index < -0.39 is 0 Å². The van der Waals surface area contributed by atoms with Crippen LogP contribution < -0.4 is 4.80 Å². The van der Waals surface area contributed by atoms with Crippen molar-refractivity contribution in [3.8, 4) is 0 Å². The minimum Gasteiger partial charge on any atom is -0.317 e. The lowest BCUT2D eigenvalue weighted by molar-refractivity contribution is 0.0992. The average molecular weight is 349 g/mol. The van der Waals surface area contributed by atoms with Crippen LogP contribution in [-0.2, 0) is 6.54 Å². The van der Waals surface area contributed by atoms with Gasteiger partial charge in [0, 0.05) is 23.8 Å². The van der Waals surface area contributed by atoms with Crippen molar-refractivity contribution in [1.29, 1.82) is 0 Å². The van der Waals surface area contributed by atoms with Crippen LogP contribution in [0.15, 0.2) is 35.5 Å². The number of benzene rings is 1. The quantitative estimate of drug-likeness (QED) is 0.721. The molecule has 2 aromatic heterocycles. The molecule has 2 heterocycles. The van der Waals surface area contributed by atoms with E-state index in [1.807, 2.05) is 43.5 Å². The van der Waals surface area contributed by atoms with Crippen molar-refractivity contribution in [2.45, 2.75) is 33.4 Å². The fraction of sp³-hybridized carbons (Fsp3) is 0.312. The number of hydrogen-bond acceptors (Lipinski definition) is 3. The number of carbonyl (C=O) groups excluding carboxylic acids is 1. The van der Waals surface area contributed by atoms with Crippen LogP contribution in [0.2, 0.25) is 5.02 Å². The summed E-state index contributed by atoms with van der Waals surface area (Å²) in [7, 11) is 0. The summed E-state index contributed by atoms with van der Waals surface area (Å²) in [4.78, 5) is 17.3. The highest BCUT2D eigenvalue weighted by Crippen LogP contribution is 2.21. The minimum atomic E-state index is -0.329. The van der Waals surface area contributed by atoms with Gasteiger partial charge in [-0.3, -0.25) is 9.48 Å². The Morgan fingerprint density at radius 1 is 1.39 bits per heavy atom. The molecule has 0 radical (unpaired) electrons. The summed E-state index contributed by atoms with van der Waals surface area (Å²) < 4.78 is 4.77. The summed E-state index contributed by atoms with van der Waals surface area (Å²) >= 11 is 7.50. The summed E-state index contributed by atoms with van der Waals surface area (Å²) in [6.07, 6.45) is 1.80. The Morgan fingerprint density at radius 2 is 2.17 bits per heavy atom. The first kappa shape index (κ1) is 16.0. The maximum Gasteiger partial charge on any atom is 0.300 e. The Labute approximate surface area is 142 Å². The van der Waals surface area contributed by atoms with Gasteiger partial charge in [-0.15, -0.1) is 0 Å². The molecule has 0 N–H and O–H groups in total. The topological polar surface area (TPSA) is 52.2 Å². The van der Waals surface area contributed by atoms with E-state index in [2.05, 4.69) is 10.1 Å². The van der Waals surface area contributed by atoms with Crippen LogP contribution in [-0.4, -0.2) is 20.3 Å². The molecule has 7 heteroatoms. The molecule has 3 aromatic rings. The molecular weight excluding hydrogens is 332 g/mol. The molecule has 1 aromatic carbocycles. The number of aromatic nitrogens is 3. The Balaban J connectivity index is 2.07. The van der Waals surface area contributed by atoms with Gasteiger partial charge in [0.25, 0.3) is 5.91 Å². The molecule has 0 fully saturated rings. The van der Waals surface area contributed by atoms with Crippen LogP contribution in [0.5, 0.6) is 0 Å². The Morgan fingerprint density at radius 3 is 2.83 bits per heavy atom. The molecule has 5 nitrogen and oxygen atoms in total. The molecule has 0 spiro atoms. The average Bonchev–Trinajstić information content (AvgIpc) is 3.10. The lowest BCUT2D eigenvalue weighted by Gasteiger charge is -2.02. The van der Waals surface area contributed by atoms with E-state index in [0.717, 1.165) is 16.8 Å². The van der Waals surface area contributed by atoms with E-state index in [0.29, 0.717) is 15.5 Å². The molecule has 0 bridgehead atoms. The zero-order valence-corrected chi connectivity index (χ0v) is 14.7. The maximum atomic E-state index is 12.4. The van der Waals surface area contributed by atoms with Crippen LogP contribution in [0.1, 0.15) is 37.3 Å². The van der Waals surface area contributed by atoms with Crippen LogP contribution in [0, 0.1) is 0 Å². The fourth-order valence-corrected chi connectivity index (χ4v) is 3.69. The molecule has 0 aliphatic carbocycles. The molecule has 23 heavy (non-hydrogen) atoms. The Bertz CT molecular complexity index is 935. The fourth-order valence-electron chi connectivity index (χ4n) is 2.32. The number of amides is 1. The van der Waals surface area contributed by atoms with Gasteiger partial charge >= 0.3 is 0 Å². The standard InChI is InChI=1S/C16H17ClN4OS/c1-4-20-13-6-5-11(17)9-14(13)23-16(20)18-15(22)12-7-8-21(19-12)10(2)3/h5-10H,4H2,1-3H3. The zero-order valence-electron chi connectivity index (χ0n) is 13.2. The lowest BCUT2D eigenvalue weighted by atomic mass is 10.3. The SMILES string of the molecule is CCn1c(=NC(=O)c2ccn(C(C)C)n2)sc2cc(Cl)ccc21. The van der Waals surface area contributed by atoms with Gasteiger partial charge < -0.3 is 4.57 Å². The molecule has 0 aliphatic rings. The van der Waals surface area contributed by atoms with Gasteiger partial charge in [-0.1, -0.05) is 22.9 Å². The van der Waals surface area contributed by atoms with Crippen LogP contribution in [0.3, 0.4) is 0 Å². The maximum absolute atomic E-state index is 12.4. The Hall–Kier alpha value is -1.92. The third-order valence-electron chi connectivity index (χ3n) is 3.51. The normalized spacial score (nSPS) is 12.5. The van der Waals surface area contributed by atoms with Crippen LogP contribution >= 0.6 is 22.9 Å². The number of nitrogens with zero attached hydrogens (tertiary/aromatic N) is 4. The number of thiazole rings is 1. The molecule has 0 atom stereocenters. The summed E-state index contributed by atoms with van der Waals surface area (Å²) in [5, 5.41) is 4.95. The van der Waals surface area contributed by atoms with E-state index in [1.54, 1.807) is 16.9 Å². The molecular formula is C16H17ClN4OS. The first-order valence-corrected chi connectivity index (χ1v) is 8.62. The lowest BCUT2D eigenvalue weighted by Crippen LogP contribution is -2.16. The first-order valence-electron chi connectivity index (χ1n) is 7.42. The summed E-state index contributed by atoms with van der Waals surface area (Å²) in [6.45, 7) is 6.78. The number of fused-ring (bicyclic) bond motifs is 1. The van der Waals surface area contributed by atoms with Crippen molar-refractivity contribution >= 4 is 39.1 Å². The number of aryl methyl sites for hydroxylation is 1. The van der Waals surface area contributed by atoms with Crippen molar-refractivity contribution in [1.82, 2.24) is 14.3 Å². The van der Waals surface area contributed by atoms with E-state index in [1.165, 1.54) is 11.3 Å². The Kier molecular flexibility index (Phi) is 4.37. The predicted molar refractivity (Wildman–Crippen MR) is 93.0 cm³/mol. The molecule has 0 aliphatic heterocycles. The highest BCUT2D eigenvalue weighted by molar-refractivity contribution is 7.16. The number of rotatable bonds is 3. The first-order chi connectivity index (χ1) is 11.0. The van der Waals surface area contributed by atoms with Gasteiger partial charge in [-0.25, -0.2) is 0 Å². The number of hydrogen-bond donors (Lipinski definition) is 0. The van der Waals surface area contributed by atoms with Crippen molar-refractivity contribution < 1.29 is 4.79 Å². The van der Waals surface area contributed by atoms with E-state index in [-0.39, 0.29) is 11.9 Å². The van der Waals surface area contributed by atoms with Gasteiger partial charge in [0.1, 0.15) is 0 Å². The highest BCUT2D eigenvalue weighted by atomic mass is 35.5. The second-order valence-electron chi connectivity index (χ2n) is 5.43. The largest absolute Gasteiger partial charge is 0.317 e. The smallest absolute Gasteiger partial charge is 0.300 e. The van der Waals surface area contributed by atoms with E-state index >= 15 is 0 Å². The summed E-state index contributed by atoms with van der Waals surface area (Å²) in [5.41, 5.74) is 1.39. The van der Waals surface area contributed by atoms with Crippen LogP contribution in [0.25, 0.3) is 10.2 Å². The minimum absolute atomic E-state index is 0.212. The molecule has 3 rings (SSSR count). The van der Waals surface area contributed by atoms with E-state index in [9.17, 15) is 4.79 Å². The van der Waals surface area contributed by atoms with Crippen molar-refractivity contribution in [2.75, 3.05) is 0 Å². The van der Waals surface area contributed by atoms with Gasteiger partial charge in [0.05, 0.1) is 10.2 Å². The second-order valence-corrected chi connectivity index (χ2v) is 6.88. The number of halogens is 1. The molecule has 0 saturated heterocycles. The van der Waals surface area contributed by atoms with Crippen molar-refractivity contribution in [3.63, 3.8) is 0 Å². The third-order valence-corrected chi connectivity index (χ3v) is 4.79. The van der Waals surface area contributed by atoms with Crippen LogP contribution in [0.4, 0.5) is 0 Å². The summed E-state index contributed by atoms with van der Waals surface area (Å²) in [5.74, 6) is -0.329. The second kappa shape index (κ2) is 6.29. The van der Waals surface area contributed by atoms with Gasteiger partial charge in [-0.2, -0.15) is 10.1 Å². The molecule has 120 valence electrons. The highest BCUT2D eigenvalue weighted by Gasteiger charge is 2.12. The van der Waals surface area contributed by atoms with Crippen molar-refractivity contribution in [2.24, 2.45) is 4.99 Å². The monoisotopic (exact) mass is 348 g/mol. The molecule has 0 saturated carbocycles.